The van der Waals surface area contributed by atoms with Gasteiger partial charge in [-0.05, 0) is 18.9 Å². The molecule has 84 valence electrons. The van der Waals surface area contributed by atoms with Crippen LogP contribution in [0.25, 0.3) is 0 Å². The molecule has 3 rings (SSSR count). The molecule has 1 fully saturated rings. The molecule has 4 nitrogen and oxygen atoms in total. The van der Waals surface area contributed by atoms with Gasteiger partial charge in [0.2, 0.25) is 0 Å². The minimum atomic E-state index is -0.147. The van der Waals surface area contributed by atoms with Crippen molar-refractivity contribution in [3.05, 3.63) is 17.2 Å². The Morgan fingerprint density at radius 1 is 1.44 bits per heavy atom. The first-order valence-corrected chi connectivity index (χ1v) is 5.63. The van der Waals surface area contributed by atoms with Crippen LogP contribution in [0.4, 0.5) is 11.4 Å². The number of fused-ring (bicyclic) bond motifs is 1. The van der Waals surface area contributed by atoms with E-state index < -0.39 is 0 Å². The van der Waals surface area contributed by atoms with Crippen molar-refractivity contribution in [2.75, 3.05) is 17.2 Å². The maximum atomic E-state index is 11.1. The average molecular weight is 239 g/mol. The van der Waals surface area contributed by atoms with Gasteiger partial charge in [-0.1, -0.05) is 11.6 Å². The third kappa shape index (κ3) is 1.80. The molecule has 2 N–H and O–H groups in total. The van der Waals surface area contributed by atoms with E-state index in [0.717, 1.165) is 5.69 Å². The number of carbonyl (C=O) groups excluding carboxylic acids is 1. The van der Waals surface area contributed by atoms with Gasteiger partial charge >= 0.3 is 0 Å². The quantitative estimate of drug-likeness (QED) is 0.831. The van der Waals surface area contributed by atoms with Gasteiger partial charge in [0.05, 0.1) is 16.4 Å². The third-order valence-corrected chi connectivity index (χ3v) is 2.95. The van der Waals surface area contributed by atoms with Gasteiger partial charge in [0.1, 0.15) is 5.75 Å². The number of amides is 1. The van der Waals surface area contributed by atoms with Crippen LogP contribution in [0.5, 0.6) is 5.75 Å². The fourth-order valence-corrected chi connectivity index (χ4v) is 1.88. The molecule has 1 amide bonds. The Morgan fingerprint density at radius 3 is 3.00 bits per heavy atom. The van der Waals surface area contributed by atoms with E-state index in [1.54, 1.807) is 6.07 Å². The van der Waals surface area contributed by atoms with Crippen molar-refractivity contribution in [2.24, 2.45) is 0 Å². The highest BCUT2D eigenvalue weighted by molar-refractivity contribution is 6.33. The van der Waals surface area contributed by atoms with Crippen LogP contribution in [-0.2, 0) is 4.79 Å². The molecule has 0 atom stereocenters. The zero-order chi connectivity index (χ0) is 11.1. The van der Waals surface area contributed by atoms with Crippen molar-refractivity contribution in [1.82, 2.24) is 0 Å². The molecule has 1 heterocycles. The summed E-state index contributed by atoms with van der Waals surface area (Å²) in [6.07, 6.45) is 2.37. The van der Waals surface area contributed by atoms with Crippen LogP contribution in [-0.4, -0.2) is 18.6 Å². The molecule has 0 saturated heterocycles. The average Bonchev–Trinajstić information content (AvgIpc) is 3.03. The number of anilines is 2. The number of ether oxygens (including phenoxy) is 1. The molecule has 2 aliphatic rings. The fraction of sp³-hybridized carbons (Fsp3) is 0.364. The molecule has 0 aromatic heterocycles. The van der Waals surface area contributed by atoms with Crippen LogP contribution in [0.3, 0.4) is 0 Å². The number of benzene rings is 1. The highest BCUT2D eigenvalue weighted by Crippen LogP contribution is 2.38. The standard InChI is InChI=1S/C11H11ClN2O2/c12-7-3-9-10(16-5-11(15)14-9)4-8(7)13-6-1-2-6/h3-4,6,13H,1-2,5H2,(H,14,15). The summed E-state index contributed by atoms with van der Waals surface area (Å²) in [5, 5.41) is 6.65. The maximum Gasteiger partial charge on any atom is 0.262 e. The predicted molar refractivity (Wildman–Crippen MR) is 62.2 cm³/mol. The van der Waals surface area contributed by atoms with E-state index in [0.29, 0.717) is 22.5 Å². The fourth-order valence-electron chi connectivity index (χ4n) is 1.66. The van der Waals surface area contributed by atoms with Crippen LogP contribution in [0.15, 0.2) is 12.1 Å². The van der Waals surface area contributed by atoms with Gasteiger partial charge in [-0.15, -0.1) is 0 Å². The maximum absolute atomic E-state index is 11.1. The Kier molecular flexibility index (Phi) is 2.17. The minimum Gasteiger partial charge on any atom is -0.482 e. The van der Waals surface area contributed by atoms with Gasteiger partial charge in [0.15, 0.2) is 6.61 Å². The summed E-state index contributed by atoms with van der Waals surface area (Å²) < 4.78 is 5.32. The summed E-state index contributed by atoms with van der Waals surface area (Å²) in [6, 6.07) is 4.10. The monoisotopic (exact) mass is 238 g/mol. The zero-order valence-corrected chi connectivity index (χ0v) is 9.30. The van der Waals surface area contributed by atoms with E-state index in [1.807, 2.05) is 6.07 Å². The van der Waals surface area contributed by atoms with Crippen molar-refractivity contribution >= 4 is 28.9 Å². The lowest BCUT2D eigenvalue weighted by atomic mass is 10.2. The molecule has 1 aliphatic heterocycles. The summed E-state index contributed by atoms with van der Waals surface area (Å²) in [6.45, 7) is 0.0670. The summed E-state index contributed by atoms with van der Waals surface area (Å²) in [4.78, 5) is 11.1. The third-order valence-electron chi connectivity index (χ3n) is 2.64. The van der Waals surface area contributed by atoms with Crippen LogP contribution in [0.1, 0.15) is 12.8 Å². The lowest BCUT2D eigenvalue weighted by molar-refractivity contribution is -0.118. The van der Waals surface area contributed by atoms with Crippen LogP contribution in [0.2, 0.25) is 5.02 Å². The first-order chi connectivity index (χ1) is 7.72. The molecule has 16 heavy (non-hydrogen) atoms. The summed E-state index contributed by atoms with van der Waals surface area (Å²) >= 11 is 6.11. The Morgan fingerprint density at radius 2 is 2.25 bits per heavy atom. The first-order valence-electron chi connectivity index (χ1n) is 5.25. The molecular formula is C11H11ClN2O2. The summed E-state index contributed by atoms with van der Waals surface area (Å²) in [5.41, 5.74) is 1.52. The van der Waals surface area contributed by atoms with Crippen molar-refractivity contribution in [3.63, 3.8) is 0 Å². The molecule has 0 radical (unpaired) electrons. The smallest absolute Gasteiger partial charge is 0.262 e. The van der Waals surface area contributed by atoms with E-state index in [4.69, 9.17) is 16.3 Å². The van der Waals surface area contributed by atoms with E-state index >= 15 is 0 Å². The largest absolute Gasteiger partial charge is 0.482 e. The number of hydrogen-bond acceptors (Lipinski definition) is 3. The lowest BCUT2D eigenvalue weighted by Gasteiger charge is -2.19. The van der Waals surface area contributed by atoms with E-state index in [1.165, 1.54) is 12.8 Å². The van der Waals surface area contributed by atoms with Gasteiger partial charge in [-0.2, -0.15) is 0 Å². The molecule has 5 heteroatoms. The van der Waals surface area contributed by atoms with Gasteiger partial charge in [-0.3, -0.25) is 4.79 Å². The lowest BCUT2D eigenvalue weighted by Crippen LogP contribution is -2.25. The van der Waals surface area contributed by atoms with Gasteiger partial charge in [-0.25, -0.2) is 0 Å². The van der Waals surface area contributed by atoms with Gasteiger partial charge in [0, 0.05) is 12.1 Å². The molecule has 1 aromatic rings. The van der Waals surface area contributed by atoms with E-state index in [-0.39, 0.29) is 12.5 Å². The minimum absolute atomic E-state index is 0.0670. The highest BCUT2D eigenvalue weighted by atomic mass is 35.5. The summed E-state index contributed by atoms with van der Waals surface area (Å²) in [5.74, 6) is 0.526. The van der Waals surface area contributed by atoms with Crippen molar-refractivity contribution in [2.45, 2.75) is 18.9 Å². The normalized spacial score (nSPS) is 18.4. The summed E-state index contributed by atoms with van der Waals surface area (Å²) in [7, 11) is 0. The molecule has 1 saturated carbocycles. The first kappa shape index (κ1) is 9.78. The van der Waals surface area contributed by atoms with Crippen molar-refractivity contribution < 1.29 is 9.53 Å². The number of hydrogen-bond donors (Lipinski definition) is 2. The van der Waals surface area contributed by atoms with Gasteiger partial charge in [0.25, 0.3) is 5.91 Å². The Balaban J connectivity index is 1.93. The van der Waals surface area contributed by atoms with Gasteiger partial charge < -0.3 is 15.4 Å². The SMILES string of the molecule is O=C1COc2cc(NC3CC3)c(Cl)cc2N1. The van der Waals surface area contributed by atoms with E-state index in [9.17, 15) is 4.79 Å². The second kappa shape index (κ2) is 3.56. The Bertz CT molecular complexity index is 458. The highest BCUT2D eigenvalue weighted by Gasteiger charge is 2.24. The molecular weight excluding hydrogens is 228 g/mol. The number of carbonyl (C=O) groups is 1. The molecule has 1 aromatic carbocycles. The Labute approximate surface area is 97.9 Å². The molecule has 0 spiro atoms. The van der Waals surface area contributed by atoms with Crippen LogP contribution >= 0.6 is 11.6 Å². The topological polar surface area (TPSA) is 50.4 Å². The number of nitrogens with one attached hydrogen (secondary N) is 2. The second-order valence-electron chi connectivity index (χ2n) is 4.08. The van der Waals surface area contributed by atoms with E-state index in [2.05, 4.69) is 10.6 Å². The zero-order valence-electron chi connectivity index (χ0n) is 8.55. The molecule has 1 aliphatic carbocycles. The van der Waals surface area contributed by atoms with Crippen molar-refractivity contribution in [1.29, 1.82) is 0 Å². The molecule has 0 unspecified atom stereocenters. The number of rotatable bonds is 2. The predicted octanol–water partition coefficient (Wildman–Crippen LogP) is 2.25. The van der Waals surface area contributed by atoms with Crippen LogP contribution in [0, 0.1) is 0 Å². The van der Waals surface area contributed by atoms with Crippen molar-refractivity contribution in [3.8, 4) is 5.75 Å². The Hall–Kier alpha value is -1.42. The number of halogens is 1. The molecule has 0 bridgehead atoms. The van der Waals surface area contributed by atoms with Crippen LogP contribution < -0.4 is 15.4 Å². The second-order valence-corrected chi connectivity index (χ2v) is 4.49.